The summed E-state index contributed by atoms with van der Waals surface area (Å²) in [4.78, 5) is 25.2. The van der Waals surface area contributed by atoms with E-state index in [1.807, 2.05) is 16.7 Å². The maximum absolute atomic E-state index is 14.9. The maximum atomic E-state index is 14.9. The average molecular weight is 484 g/mol. The predicted molar refractivity (Wildman–Crippen MR) is 127 cm³/mol. The van der Waals surface area contributed by atoms with Crippen LogP contribution in [0, 0.1) is 5.82 Å². The smallest absolute Gasteiger partial charge is 0.260 e. The van der Waals surface area contributed by atoms with E-state index in [9.17, 15) is 14.3 Å². The lowest BCUT2D eigenvalue weighted by Crippen LogP contribution is -2.39. The number of rotatable bonds is 4. The van der Waals surface area contributed by atoms with Gasteiger partial charge in [0.2, 0.25) is 5.95 Å². The van der Waals surface area contributed by atoms with Crippen LogP contribution < -0.4 is 10.5 Å². The Morgan fingerprint density at radius 2 is 1.97 bits per heavy atom. The molecule has 0 aliphatic carbocycles. The van der Waals surface area contributed by atoms with E-state index in [0.717, 1.165) is 0 Å². The van der Waals surface area contributed by atoms with Crippen molar-refractivity contribution in [3.8, 4) is 5.69 Å². The molecule has 2 unspecified atom stereocenters. The van der Waals surface area contributed by atoms with Gasteiger partial charge in [0.1, 0.15) is 12.0 Å². The minimum Gasteiger partial charge on any atom is -0.374 e. The Morgan fingerprint density at radius 1 is 1.18 bits per heavy atom. The topological polar surface area (TPSA) is 103 Å². The summed E-state index contributed by atoms with van der Waals surface area (Å²) in [6.07, 6.45) is 2.46. The first-order chi connectivity index (χ1) is 16.4. The van der Waals surface area contributed by atoms with Crippen LogP contribution in [0.5, 0.6) is 0 Å². The van der Waals surface area contributed by atoms with Gasteiger partial charge in [-0.1, -0.05) is 17.7 Å². The highest BCUT2D eigenvalue weighted by atomic mass is 35.5. The zero-order valence-electron chi connectivity index (χ0n) is 18.4. The molecular formula is C23H23ClFN7O2. The SMILES string of the molecule is CC1CCN(c2nc3ccc(Cl)cc3c(=O)[nH]2)CCN1C(O)c1c(F)cccc1-n1nccn1. The van der Waals surface area contributed by atoms with Crippen LogP contribution in [0.4, 0.5) is 10.3 Å². The van der Waals surface area contributed by atoms with Crippen LogP contribution in [-0.4, -0.2) is 60.6 Å². The number of anilines is 1. The number of fused-ring (bicyclic) bond motifs is 1. The van der Waals surface area contributed by atoms with Crippen LogP contribution in [0.2, 0.25) is 5.02 Å². The van der Waals surface area contributed by atoms with E-state index in [4.69, 9.17) is 11.6 Å². The van der Waals surface area contributed by atoms with Crippen molar-refractivity contribution in [1.82, 2.24) is 29.9 Å². The molecule has 0 bridgehead atoms. The Balaban J connectivity index is 1.43. The van der Waals surface area contributed by atoms with Gasteiger partial charge in [0.15, 0.2) is 0 Å². The van der Waals surface area contributed by atoms with Crippen molar-refractivity contribution in [2.75, 3.05) is 24.5 Å². The summed E-state index contributed by atoms with van der Waals surface area (Å²) >= 11 is 6.01. The van der Waals surface area contributed by atoms with Gasteiger partial charge in [0.05, 0.1) is 34.5 Å². The van der Waals surface area contributed by atoms with Crippen molar-refractivity contribution in [3.63, 3.8) is 0 Å². The Morgan fingerprint density at radius 3 is 2.76 bits per heavy atom. The monoisotopic (exact) mass is 483 g/mol. The first kappa shape index (κ1) is 22.5. The number of aliphatic hydroxyl groups excluding tert-OH is 1. The van der Waals surface area contributed by atoms with Crippen molar-refractivity contribution < 1.29 is 9.50 Å². The van der Waals surface area contributed by atoms with E-state index >= 15 is 0 Å². The first-order valence-corrected chi connectivity index (χ1v) is 11.3. The Kier molecular flexibility index (Phi) is 6.03. The molecule has 2 aromatic heterocycles. The average Bonchev–Trinajstić information content (AvgIpc) is 3.28. The highest BCUT2D eigenvalue weighted by Crippen LogP contribution is 2.30. The summed E-state index contributed by atoms with van der Waals surface area (Å²) in [5.41, 5.74) is 0.789. The molecular weight excluding hydrogens is 461 g/mol. The molecule has 1 saturated heterocycles. The summed E-state index contributed by atoms with van der Waals surface area (Å²) < 4.78 is 14.9. The summed E-state index contributed by atoms with van der Waals surface area (Å²) in [6.45, 7) is 3.49. The first-order valence-electron chi connectivity index (χ1n) is 11.0. The fourth-order valence-corrected chi connectivity index (χ4v) is 4.53. The Bertz CT molecular complexity index is 1380. The fourth-order valence-electron chi connectivity index (χ4n) is 4.36. The minimum atomic E-state index is -1.21. The zero-order valence-corrected chi connectivity index (χ0v) is 19.2. The lowest BCUT2D eigenvalue weighted by Gasteiger charge is -2.32. The van der Waals surface area contributed by atoms with Crippen LogP contribution in [0.25, 0.3) is 16.6 Å². The van der Waals surface area contributed by atoms with Gasteiger partial charge in [-0.2, -0.15) is 15.0 Å². The molecule has 4 aromatic rings. The molecule has 1 aliphatic heterocycles. The summed E-state index contributed by atoms with van der Waals surface area (Å²) in [6, 6.07) is 9.49. The molecule has 11 heteroatoms. The van der Waals surface area contributed by atoms with Crippen LogP contribution in [0.3, 0.4) is 0 Å². The van der Waals surface area contributed by atoms with E-state index < -0.39 is 12.0 Å². The molecule has 1 aliphatic rings. The molecule has 0 saturated carbocycles. The largest absolute Gasteiger partial charge is 0.374 e. The quantitative estimate of drug-likeness (QED) is 0.460. The lowest BCUT2D eigenvalue weighted by molar-refractivity contribution is -0.0212. The van der Waals surface area contributed by atoms with Gasteiger partial charge in [0, 0.05) is 30.7 Å². The van der Waals surface area contributed by atoms with E-state index in [0.29, 0.717) is 53.6 Å². The third-order valence-corrected chi connectivity index (χ3v) is 6.44. The number of aromatic amines is 1. The molecule has 176 valence electrons. The number of benzene rings is 2. The van der Waals surface area contributed by atoms with E-state index in [-0.39, 0.29) is 17.2 Å². The normalized spacial score (nSPS) is 18.2. The second-order valence-corrected chi connectivity index (χ2v) is 8.71. The number of nitrogens with zero attached hydrogens (tertiary/aromatic N) is 6. The van der Waals surface area contributed by atoms with Gasteiger partial charge in [-0.15, -0.1) is 0 Å². The molecule has 0 radical (unpaired) electrons. The van der Waals surface area contributed by atoms with Crippen molar-refractivity contribution in [2.24, 2.45) is 0 Å². The lowest BCUT2D eigenvalue weighted by atomic mass is 10.1. The third-order valence-electron chi connectivity index (χ3n) is 6.20. The van der Waals surface area contributed by atoms with E-state index in [1.165, 1.54) is 23.3 Å². The predicted octanol–water partition coefficient (Wildman–Crippen LogP) is 2.89. The Labute approximate surface area is 199 Å². The maximum Gasteiger partial charge on any atom is 0.260 e. The van der Waals surface area contributed by atoms with Crippen molar-refractivity contribution >= 4 is 28.5 Å². The van der Waals surface area contributed by atoms with Gasteiger partial charge >= 0.3 is 0 Å². The molecule has 2 atom stereocenters. The molecule has 3 heterocycles. The summed E-state index contributed by atoms with van der Waals surface area (Å²) in [5, 5.41) is 20.4. The summed E-state index contributed by atoms with van der Waals surface area (Å²) in [7, 11) is 0. The zero-order chi connectivity index (χ0) is 23.8. The molecule has 9 nitrogen and oxygen atoms in total. The van der Waals surface area contributed by atoms with Gasteiger partial charge in [-0.25, -0.2) is 9.37 Å². The highest BCUT2D eigenvalue weighted by molar-refractivity contribution is 6.31. The number of halogens is 2. The van der Waals surface area contributed by atoms with Gasteiger partial charge < -0.3 is 10.0 Å². The van der Waals surface area contributed by atoms with Crippen molar-refractivity contribution in [2.45, 2.75) is 25.6 Å². The third kappa shape index (κ3) is 4.15. The number of aliphatic hydroxyl groups is 1. The number of aromatic nitrogens is 5. The minimum absolute atomic E-state index is 0.0657. The highest BCUT2D eigenvalue weighted by Gasteiger charge is 2.31. The van der Waals surface area contributed by atoms with Crippen LogP contribution in [0.1, 0.15) is 25.1 Å². The molecule has 2 aromatic carbocycles. The molecule has 0 amide bonds. The van der Waals surface area contributed by atoms with E-state index in [1.54, 1.807) is 30.3 Å². The summed E-state index contributed by atoms with van der Waals surface area (Å²) in [5.74, 6) is -0.0783. The number of nitrogens with one attached hydrogen (secondary N) is 1. The van der Waals surface area contributed by atoms with Crippen LogP contribution in [0.15, 0.2) is 53.6 Å². The van der Waals surface area contributed by atoms with Gasteiger partial charge in [-0.05, 0) is 43.7 Å². The van der Waals surface area contributed by atoms with Crippen molar-refractivity contribution in [3.05, 3.63) is 75.5 Å². The fraction of sp³-hybridized carbons (Fsp3) is 0.304. The molecule has 2 N–H and O–H groups in total. The van der Waals surface area contributed by atoms with Crippen LogP contribution in [-0.2, 0) is 0 Å². The van der Waals surface area contributed by atoms with Gasteiger partial charge in [0.25, 0.3) is 5.56 Å². The van der Waals surface area contributed by atoms with Gasteiger partial charge in [-0.3, -0.25) is 14.7 Å². The molecule has 0 spiro atoms. The second-order valence-electron chi connectivity index (χ2n) is 8.28. The number of H-pyrrole nitrogens is 1. The molecule has 5 rings (SSSR count). The molecule has 1 fully saturated rings. The van der Waals surface area contributed by atoms with Crippen molar-refractivity contribution in [1.29, 1.82) is 0 Å². The number of hydrogen-bond donors (Lipinski definition) is 2. The molecule has 34 heavy (non-hydrogen) atoms. The number of hydrogen-bond acceptors (Lipinski definition) is 7. The van der Waals surface area contributed by atoms with Crippen LogP contribution >= 0.6 is 11.6 Å². The standard InChI is InChI=1S/C23H23ClFN7O2/c1-14-7-10-30(23-28-18-6-5-15(24)13-16(18)21(33)29-23)11-12-31(14)22(34)20-17(25)3-2-4-19(20)32-26-8-9-27-32/h2-6,8-9,13-14,22,34H,7,10-12H2,1H3,(H,28,29,33). The van der Waals surface area contributed by atoms with E-state index in [2.05, 4.69) is 20.2 Å². The Hall–Kier alpha value is -3.34. The second kappa shape index (κ2) is 9.13.